The quantitative estimate of drug-likeness (QED) is 0.663. The Balaban J connectivity index is 1.66. The molecule has 1 atom stereocenters. The van der Waals surface area contributed by atoms with Gasteiger partial charge in [-0.2, -0.15) is 0 Å². The van der Waals surface area contributed by atoms with Gasteiger partial charge in [-0.05, 0) is 7.05 Å². The van der Waals surface area contributed by atoms with Gasteiger partial charge in [0.1, 0.15) is 11.8 Å². The summed E-state index contributed by atoms with van der Waals surface area (Å²) in [5.74, 6) is -1.69. The van der Waals surface area contributed by atoms with Gasteiger partial charge >= 0.3 is 12.2 Å². The highest BCUT2D eigenvalue weighted by atomic mass is 19.1. The lowest BCUT2D eigenvalue weighted by molar-refractivity contribution is -0.130. The molecule has 1 aromatic carbocycles. The van der Waals surface area contributed by atoms with Crippen LogP contribution in [-0.4, -0.2) is 89.1 Å². The number of amides is 3. The Kier molecular flexibility index (Phi) is 7.10. The summed E-state index contributed by atoms with van der Waals surface area (Å²) in [5.41, 5.74) is -0.173. The molecule has 0 spiro atoms. The van der Waals surface area contributed by atoms with Crippen LogP contribution in [0.5, 0.6) is 0 Å². The molecule has 0 radical (unpaired) electrons. The summed E-state index contributed by atoms with van der Waals surface area (Å²) in [6, 6.07) is 2.16. The molecule has 2 N–H and O–H groups in total. The van der Waals surface area contributed by atoms with Gasteiger partial charge in [-0.25, -0.2) is 18.4 Å². The van der Waals surface area contributed by atoms with E-state index in [0.717, 1.165) is 17.0 Å². The van der Waals surface area contributed by atoms with E-state index in [9.17, 15) is 23.2 Å². The van der Waals surface area contributed by atoms with Gasteiger partial charge in [0.05, 0.1) is 32.4 Å². The second-order valence-corrected chi connectivity index (χ2v) is 7.15. The zero-order valence-corrected chi connectivity index (χ0v) is 17.3. The maximum atomic E-state index is 14.8. The van der Waals surface area contributed by atoms with Crippen LogP contribution in [-0.2, 0) is 14.3 Å². The second kappa shape index (κ2) is 9.77. The van der Waals surface area contributed by atoms with Crippen molar-refractivity contribution in [2.24, 2.45) is 0 Å². The molecule has 10 nitrogen and oxygen atoms in total. The van der Waals surface area contributed by atoms with Crippen LogP contribution in [0.2, 0.25) is 0 Å². The number of carbonyl (C=O) groups excluding carboxylic acids is 3. The van der Waals surface area contributed by atoms with Crippen LogP contribution >= 0.6 is 0 Å². The van der Waals surface area contributed by atoms with Crippen molar-refractivity contribution in [3.63, 3.8) is 0 Å². The van der Waals surface area contributed by atoms with Crippen LogP contribution in [0, 0.1) is 11.6 Å². The zero-order chi connectivity index (χ0) is 22.5. The highest BCUT2D eigenvalue weighted by Gasteiger charge is 2.34. The number of hydrogen-bond donors (Lipinski definition) is 2. The monoisotopic (exact) mass is 441 g/mol. The summed E-state index contributed by atoms with van der Waals surface area (Å²) in [5, 5.41) is 5.20. The van der Waals surface area contributed by atoms with E-state index in [1.807, 2.05) is 0 Å². The maximum Gasteiger partial charge on any atom is 0.414 e. The van der Waals surface area contributed by atoms with Crippen LogP contribution in [0.4, 0.5) is 29.7 Å². The Morgan fingerprint density at radius 3 is 2.42 bits per heavy atom. The summed E-state index contributed by atoms with van der Waals surface area (Å²) in [6.45, 7) is 1.52. The minimum atomic E-state index is -0.811. The fourth-order valence-electron chi connectivity index (χ4n) is 3.56. The Morgan fingerprint density at radius 1 is 1.19 bits per heavy atom. The first-order valence-electron chi connectivity index (χ1n) is 9.80. The molecule has 2 fully saturated rings. The first-order valence-corrected chi connectivity index (χ1v) is 9.80. The van der Waals surface area contributed by atoms with Crippen molar-refractivity contribution < 1.29 is 32.6 Å². The molecule has 1 aromatic rings. The van der Waals surface area contributed by atoms with Crippen LogP contribution < -0.4 is 20.4 Å². The van der Waals surface area contributed by atoms with E-state index in [1.54, 1.807) is 16.8 Å². The number of alkyl carbamates (subject to hydrolysis) is 1. The van der Waals surface area contributed by atoms with Gasteiger partial charge < -0.3 is 29.9 Å². The lowest BCUT2D eigenvalue weighted by atomic mass is 10.2. The van der Waals surface area contributed by atoms with Crippen molar-refractivity contribution >= 4 is 29.5 Å². The third kappa shape index (κ3) is 5.13. The van der Waals surface area contributed by atoms with Gasteiger partial charge in [0.2, 0.25) is 5.91 Å². The van der Waals surface area contributed by atoms with E-state index in [1.165, 1.54) is 7.11 Å². The Labute approximate surface area is 178 Å². The topological polar surface area (TPSA) is 103 Å². The number of halogens is 2. The molecule has 2 aliphatic heterocycles. The predicted molar refractivity (Wildman–Crippen MR) is 107 cm³/mol. The van der Waals surface area contributed by atoms with E-state index < -0.39 is 29.9 Å². The van der Waals surface area contributed by atoms with Gasteiger partial charge in [0.25, 0.3) is 0 Å². The molecule has 0 aromatic heterocycles. The lowest BCUT2D eigenvalue weighted by Crippen LogP contribution is -2.51. The number of nitrogens with zero attached hydrogens (tertiary/aromatic N) is 3. The largest absolute Gasteiger partial charge is 0.453 e. The van der Waals surface area contributed by atoms with Crippen LogP contribution in [0.15, 0.2) is 12.1 Å². The van der Waals surface area contributed by atoms with E-state index in [-0.39, 0.29) is 50.0 Å². The number of anilines is 2. The lowest BCUT2D eigenvalue weighted by Gasteiger charge is -2.36. The molecule has 2 heterocycles. The number of rotatable bonds is 6. The number of hydrogen-bond acceptors (Lipinski definition) is 7. The van der Waals surface area contributed by atoms with Crippen molar-refractivity contribution in [1.29, 1.82) is 0 Å². The molecule has 1 unspecified atom stereocenters. The number of likely N-dealkylation sites (N-methyl/N-ethyl adjacent to an activating group) is 1. The Bertz CT molecular complexity index is 824. The smallest absolute Gasteiger partial charge is 0.414 e. The molecular formula is C19H25F2N5O5. The van der Waals surface area contributed by atoms with Gasteiger partial charge in [0.15, 0.2) is 11.6 Å². The molecular weight excluding hydrogens is 416 g/mol. The molecule has 2 saturated heterocycles. The average molecular weight is 441 g/mol. The average Bonchev–Trinajstić information content (AvgIpc) is 3.12. The number of cyclic esters (lactones) is 1. The van der Waals surface area contributed by atoms with Gasteiger partial charge in [0, 0.05) is 38.3 Å². The number of carbonyl (C=O) groups is 3. The zero-order valence-electron chi connectivity index (χ0n) is 17.3. The maximum absolute atomic E-state index is 14.8. The first kappa shape index (κ1) is 22.5. The van der Waals surface area contributed by atoms with Crippen molar-refractivity contribution in [2.45, 2.75) is 6.10 Å². The summed E-state index contributed by atoms with van der Waals surface area (Å²) < 4.78 is 39.2. The third-order valence-electron chi connectivity index (χ3n) is 5.12. The standard InChI is InChI=1S/C19H25F2N5O5/c1-22-10-16(27)24-3-5-25(6-4-24)17-14(20)7-12(8-15(17)21)26-11-13(31-19(26)29)9-23-18(28)30-2/h7-8,13,22H,3-6,9-11H2,1-2H3,(H,23,28). The van der Waals surface area contributed by atoms with E-state index in [4.69, 9.17) is 4.74 Å². The molecule has 170 valence electrons. The fourth-order valence-corrected chi connectivity index (χ4v) is 3.56. The Morgan fingerprint density at radius 2 is 1.84 bits per heavy atom. The molecule has 12 heteroatoms. The van der Waals surface area contributed by atoms with Crippen molar-refractivity contribution in [3.05, 3.63) is 23.8 Å². The normalized spacial score (nSPS) is 18.8. The number of methoxy groups -OCH3 is 1. The molecule has 0 aliphatic carbocycles. The van der Waals surface area contributed by atoms with Gasteiger partial charge in [-0.1, -0.05) is 0 Å². The summed E-state index contributed by atoms with van der Waals surface area (Å²) in [4.78, 5) is 39.5. The van der Waals surface area contributed by atoms with Crippen LogP contribution in [0.25, 0.3) is 0 Å². The third-order valence-corrected chi connectivity index (χ3v) is 5.12. The summed E-state index contributed by atoms with van der Waals surface area (Å²) in [6.07, 6.45) is -2.12. The highest BCUT2D eigenvalue weighted by molar-refractivity contribution is 5.90. The number of nitrogens with one attached hydrogen (secondary N) is 2. The SMILES string of the molecule is CNCC(=O)N1CCN(c2c(F)cc(N3CC(CNC(=O)OC)OC3=O)cc2F)CC1. The molecule has 3 rings (SSSR count). The molecule has 0 bridgehead atoms. The van der Waals surface area contributed by atoms with Crippen molar-refractivity contribution in [1.82, 2.24) is 15.5 Å². The van der Waals surface area contributed by atoms with Gasteiger partial charge in [-0.3, -0.25) is 9.69 Å². The number of ether oxygens (including phenoxy) is 2. The minimum absolute atomic E-state index is 0.00844. The molecule has 0 saturated carbocycles. The van der Waals surface area contributed by atoms with Crippen LogP contribution in [0.1, 0.15) is 0 Å². The van der Waals surface area contributed by atoms with Crippen molar-refractivity contribution in [2.75, 3.05) is 69.8 Å². The highest BCUT2D eigenvalue weighted by Crippen LogP contribution is 2.31. The fraction of sp³-hybridized carbons (Fsp3) is 0.526. The minimum Gasteiger partial charge on any atom is -0.453 e. The van der Waals surface area contributed by atoms with E-state index >= 15 is 0 Å². The number of piperazine rings is 1. The second-order valence-electron chi connectivity index (χ2n) is 7.15. The first-order chi connectivity index (χ1) is 14.8. The number of benzene rings is 1. The van der Waals surface area contributed by atoms with E-state index in [0.29, 0.717) is 13.1 Å². The molecule has 2 aliphatic rings. The predicted octanol–water partition coefficient (Wildman–Crippen LogP) is 0.514. The van der Waals surface area contributed by atoms with Gasteiger partial charge in [-0.15, -0.1) is 0 Å². The Hall–Kier alpha value is -3.15. The van der Waals surface area contributed by atoms with E-state index in [2.05, 4.69) is 15.4 Å². The summed E-state index contributed by atoms with van der Waals surface area (Å²) >= 11 is 0. The van der Waals surface area contributed by atoms with Crippen LogP contribution in [0.3, 0.4) is 0 Å². The molecule has 31 heavy (non-hydrogen) atoms. The van der Waals surface area contributed by atoms with Crippen molar-refractivity contribution in [3.8, 4) is 0 Å². The summed E-state index contributed by atoms with van der Waals surface area (Å²) in [7, 11) is 2.88. The molecule has 3 amide bonds.